The summed E-state index contributed by atoms with van der Waals surface area (Å²) in [6.45, 7) is 6.58. The Morgan fingerprint density at radius 3 is 2.43 bits per heavy atom. The van der Waals surface area contributed by atoms with Gasteiger partial charge in [-0.25, -0.2) is 0 Å². The number of carboxylic acids is 1. The van der Waals surface area contributed by atoms with E-state index < -0.39 is 17.7 Å². The van der Waals surface area contributed by atoms with Crippen LogP contribution in [0.3, 0.4) is 0 Å². The van der Waals surface area contributed by atoms with Gasteiger partial charge < -0.3 is 19.5 Å². The van der Waals surface area contributed by atoms with Gasteiger partial charge in [0.05, 0.1) is 18.6 Å². The van der Waals surface area contributed by atoms with Gasteiger partial charge in [0.15, 0.2) is 0 Å². The van der Waals surface area contributed by atoms with Crippen molar-refractivity contribution in [1.82, 2.24) is 9.80 Å². The lowest BCUT2D eigenvalue weighted by molar-refractivity contribution is -0.310. The number of ether oxygens (including phenoxy) is 1. The lowest BCUT2D eigenvalue weighted by Gasteiger charge is -2.45. The lowest BCUT2D eigenvalue weighted by Crippen LogP contribution is -2.60. The number of aliphatic carboxylic acids is 1. The lowest BCUT2D eigenvalue weighted by atomic mass is 9.95. The van der Waals surface area contributed by atoms with Crippen molar-refractivity contribution in [3.05, 3.63) is 35.4 Å². The van der Waals surface area contributed by atoms with Crippen molar-refractivity contribution >= 4 is 17.8 Å². The first-order valence-corrected chi connectivity index (χ1v) is 9.77. The Morgan fingerprint density at radius 2 is 1.86 bits per heavy atom. The first kappa shape index (κ1) is 20.3. The Labute approximate surface area is 165 Å². The van der Waals surface area contributed by atoms with Gasteiger partial charge in [0.25, 0.3) is 5.91 Å². The number of nitrogens with zero attached hydrogens (tertiary/aromatic N) is 2. The highest BCUT2D eigenvalue weighted by molar-refractivity contribution is 5.98. The molecule has 2 amide bonds. The average Bonchev–Trinajstić information content (AvgIpc) is 3.00. The zero-order valence-corrected chi connectivity index (χ0v) is 16.6. The summed E-state index contributed by atoms with van der Waals surface area (Å²) in [7, 11) is 0. The van der Waals surface area contributed by atoms with E-state index in [-0.39, 0.29) is 24.3 Å². The highest BCUT2D eigenvalue weighted by Gasteiger charge is 2.52. The molecule has 2 aliphatic heterocycles. The number of amides is 2. The van der Waals surface area contributed by atoms with Gasteiger partial charge in [0, 0.05) is 37.9 Å². The Kier molecular flexibility index (Phi) is 5.74. The quantitative estimate of drug-likeness (QED) is 0.767. The van der Waals surface area contributed by atoms with Crippen molar-refractivity contribution in [2.75, 3.05) is 19.7 Å². The van der Waals surface area contributed by atoms with Crippen LogP contribution in [0.25, 0.3) is 0 Å². The normalized spacial score (nSPS) is 21.4. The summed E-state index contributed by atoms with van der Waals surface area (Å²) in [6.07, 6.45) is 1.25. The summed E-state index contributed by atoms with van der Waals surface area (Å²) in [5.74, 6) is -1.34. The zero-order chi connectivity index (χ0) is 20.5. The highest BCUT2D eigenvalue weighted by atomic mass is 16.5. The van der Waals surface area contributed by atoms with Crippen molar-refractivity contribution in [2.45, 2.75) is 51.8 Å². The van der Waals surface area contributed by atoms with E-state index >= 15 is 0 Å². The smallest absolute Gasteiger partial charge is 0.257 e. The number of likely N-dealkylation sites (tertiary alicyclic amines) is 1. The molecule has 1 aromatic rings. The molecule has 2 heterocycles. The van der Waals surface area contributed by atoms with Crippen molar-refractivity contribution in [2.24, 2.45) is 5.92 Å². The van der Waals surface area contributed by atoms with Crippen LogP contribution in [0.5, 0.6) is 0 Å². The standard InChI is InChI=1S/C21H28N2O5/c1-14(2)12-18(24)22-10-8-21(9-11-22)23(17(13-28-21)20(26)27)19(25)16-7-5-4-6-15(16)3/h4-7,14,17H,8-13H2,1-3H3,(H,26,27)/p-1/t17-/m1/s1. The van der Waals surface area contributed by atoms with E-state index in [9.17, 15) is 19.5 Å². The third kappa shape index (κ3) is 3.76. The predicted molar refractivity (Wildman–Crippen MR) is 100 cm³/mol. The maximum Gasteiger partial charge on any atom is 0.257 e. The molecule has 7 heteroatoms. The predicted octanol–water partition coefficient (Wildman–Crippen LogP) is 0.951. The molecular formula is C21H27N2O5-. The number of rotatable bonds is 4. The Bertz CT molecular complexity index is 768. The fourth-order valence-corrected chi connectivity index (χ4v) is 4.07. The second-order valence-electron chi connectivity index (χ2n) is 8.06. The van der Waals surface area contributed by atoms with E-state index in [1.165, 1.54) is 4.90 Å². The van der Waals surface area contributed by atoms with Crippen molar-refractivity contribution in [3.8, 4) is 0 Å². The van der Waals surface area contributed by atoms with Gasteiger partial charge in [0.2, 0.25) is 5.91 Å². The molecular weight excluding hydrogens is 360 g/mol. The molecule has 2 aliphatic rings. The van der Waals surface area contributed by atoms with Crippen LogP contribution in [0.2, 0.25) is 0 Å². The van der Waals surface area contributed by atoms with Crippen LogP contribution in [-0.2, 0) is 14.3 Å². The minimum atomic E-state index is -1.32. The van der Waals surface area contributed by atoms with Crippen LogP contribution in [-0.4, -0.2) is 59.0 Å². The van der Waals surface area contributed by atoms with Crippen LogP contribution >= 0.6 is 0 Å². The molecule has 0 radical (unpaired) electrons. The van der Waals surface area contributed by atoms with Crippen LogP contribution in [0, 0.1) is 12.8 Å². The molecule has 0 aromatic heterocycles. The van der Waals surface area contributed by atoms with Gasteiger partial charge in [-0.15, -0.1) is 0 Å². The van der Waals surface area contributed by atoms with E-state index in [1.54, 1.807) is 17.0 Å². The summed E-state index contributed by atoms with van der Waals surface area (Å²) in [5, 5.41) is 11.7. The second kappa shape index (κ2) is 7.91. The topological polar surface area (TPSA) is 90.0 Å². The fourth-order valence-electron chi connectivity index (χ4n) is 4.07. The third-order valence-corrected chi connectivity index (χ3v) is 5.61. The summed E-state index contributed by atoms with van der Waals surface area (Å²) in [4.78, 5) is 40.5. The van der Waals surface area contributed by atoms with Crippen molar-refractivity contribution in [3.63, 3.8) is 0 Å². The maximum atomic E-state index is 13.3. The van der Waals surface area contributed by atoms with Gasteiger partial charge >= 0.3 is 0 Å². The van der Waals surface area contributed by atoms with E-state index in [0.717, 1.165) is 5.56 Å². The van der Waals surface area contributed by atoms with Crippen LogP contribution in [0.1, 0.15) is 49.0 Å². The molecule has 1 aromatic carbocycles. The summed E-state index contributed by atoms with van der Waals surface area (Å²) < 4.78 is 5.91. The van der Waals surface area contributed by atoms with E-state index in [1.807, 2.05) is 32.9 Å². The van der Waals surface area contributed by atoms with Gasteiger partial charge in [-0.05, 0) is 24.5 Å². The highest BCUT2D eigenvalue weighted by Crippen LogP contribution is 2.38. The molecule has 2 saturated heterocycles. The molecule has 1 atom stereocenters. The van der Waals surface area contributed by atoms with Crippen molar-refractivity contribution < 1.29 is 24.2 Å². The molecule has 1 spiro atoms. The second-order valence-corrected chi connectivity index (χ2v) is 8.06. The number of carboxylic acid groups (broad SMARTS) is 1. The Balaban J connectivity index is 1.84. The first-order chi connectivity index (χ1) is 13.2. The van der Waals surface area contributed by atoms with Crippen LogP contribution in [0.4, 0.5) is 0 Å². The molecule has 3 rings (SSSR count). The molecule has 0 saturated carbocycles. The number of hydrogen-bond donors (Lipinski definition) is 0. The zero-order valence-electron chi connectivity index (χ0n) is 16.6. The molecule has 0 unspecified atom stereocenters. The Morgan fingerprint density at radius 1 is 1.21 bits per heavy atom. The minimum Gasteiger partial charge on any atom is -0.548 e. The number of piperidine rings is 1. The van der Waals surface area contributed by atoms with E-state index in [4.69, 9.17) is 4.74 Å². The molecule has 7 nitrogen and oxygen atoms in total. The summed E-state index contributed by atoms with van der Waals surface area (Å²) >= 11 is 0. The summed E-state index contributed by atoms with van der Waals surface area (Å²) in [5.41, 5.74) is 0.215. The largest absolute Gasteiger partial charge is 0.548 e. The monoisotopic (exact) mass is 387 g/mol. The number of carbonyl (C=O) groups is 3. The molecule has 28 heavy (non-hydrogen) atoms. The molecule has 0 aliphatic carbocycles. The minimum absolute atomic E-state index is 0.0797. The third-order valence-electron chi connectivity index (χ3n) is 5.61. The maximum absolute atomic E-state index is 13.3. The average molecular weight is 387 g/mol. The van der Waals surface area contributed by atoms with Gasteiger partial charge in [-0.3, -0.25) is 14.5 Å². The SMILES string of the molecule is Cc1ccccc1C(=O)N1[C@@H](C(=O)[O-])COC12CCN(C(=O)CC(C)C)CC2. The first-order valence-electron chi connectivity index (χ1n) is 9.77. The fraction of sp³-hybridized carbons (Fsp3) is 0.571. The molecule has 2 fully saturated rings. The number of carbonyl (C=O) groups excluding carboxylic acids is 3. The van der Waals surface area contributed by atoms with E-state index in [0.29, 0.717) is 37.9 Å². The number of aryl methyl sites for hydroxylation is 1. The summed E-state index contributed by atoms with van der Waals surface area (Å²) in [6, 6.07) is 5.96. The Hall–Kier alpha value is -2.41. The van der Waals surface area contributed by atoms with Gasteiger partial charge in [-0.1, -0.05) is 32.0 Å². The molecule has 0 bridgehead atoms. The van der Waals surface area contributed by atoms with Crippen LogP contribution in [0.15, 0.2) is 24.3 Å². The molecule has 152 valence electrons. The van der Waals surface area contributed by atoms with Crippen molar-refractivity contribution in [1.29, 1.82) is 0 Å². The van der Waals surface area contributed by atoms with Gasteiger partial charge in [0.1, 0.15) is 5.72 Å². The van der Waals surface area contributed by atoms with E-state index in [2.05, 4.69) is 0 Å². The number of benzene rings is 1. The number of hydrogen-bond acceptors (Lipinski definition) is 5. The molecule has 0 N–H and O–H groups in total. The van der Waals surface area contributed by atoms with Crippen LogP contribution < -0.4 is 5.11 Å². The van der Waals surface area contributed by atoms with Gasteiger partial charge in [-0.2, -0.15) is 0 Å².